The minimum Gasteiger partial charge on any atom is -0.493 e. The Morgan fingerprint density at radius 1 is 1.17 bits per heavy atom. The molecule has 2 aromatic rings. The van der Waals surface area contributed by atoms with Crippen LogP contribution in [-0.2, 0) is 6.18 Å². The third kappa shape index (κ3) is 4.58. The van der Waals surface area contributed by atoms with Crippen LogP contribution in [0.15, 0.2) is 46.3 Å². The molecule has 0 aromatic heterocycles. The van der Waals surface area contributed by atoms with E-state index in [-0.39, 0.29) is 22.3 Å². The van der Waals surface area contributed by atoms with Gasteiger partial charge in [0.05, 0.1) is 29.2 Å². The summed E-state index contributed by atoms with van der Waals surface area (Å²) in [6.07, 6.45) is -3.00. The zero-order chi connectivity index (χ0) is 21.9. The number of carbonyl (C=O) groups is 1. The largest absolute Gasteiger partial charge is 0.493 e. The van der Waals surface area contributed by atoms with E-state index < -0.39 is 17.5 Å². The van der Waals surface area contributed by atoms with Gasteiger partial charge in [0.1, 0.15) is 11.6 Å². The standard InChI is InChI=1S/C20H14F3N3O3S/c1-25-18-17(30-19(27)26-18)9-11-3-6-15(16(8-11)28-2)29-14-5-4-12(10-24)7-13(14)20(21,22)23/h3-9H,1-2H3,(H,25,26,27)/b17-9-. The Morgan fingerprint density at radius 3 is 2.53 bits per heavy atom. The molecule has 1 N–H and O–H groups in total. The lowest BCUT2D eigenvalue weighted by atomic mass is 10.1. The number of aliphatic imine (C=N–C) groups is 1. The van der Waals surface area contributed by atoms with E-state index in [1.165, 1.54) is 19.2 Å². The van der Waals surface area contributed by atoms with Gasteiger partial charge in [-0.3, -0.25) is 4.79 Å². The number of alkyl halides is 3. The molecular formula is C20H14F3N3O3S. The number of hydrogen-bond donors (Lipinski definition) is 1. The van der Waals surface area contributed by atoms with Gasteiger partial charge in [-0.2, -0.15) is 23.4 Å². The van der Waals surface area contributed by atoms with Crippen molar-refractivity contribution in [3.8, 4) is 23.3 Å². The highest BCUT2D eigenvalue weighted by Crippen LogP contribution is 2.41. The first-order valence-corrected chi connectivity index (χ1v) is 9.24. The van der Waals surface area contributed by atoms with Crippen LogP contribution in [0.4, 0.5) is 18.0 Å². The summed E-state index contributed by atoms with van der Waals surface area (Å²) in [5.74, 6) is 0.232. The van der Waals surface area contributed by atoms with E-state index in [0.29, 0.717) is 16.3 Å². The summed E-state index contributed by atoms with van der Waals surface area (Å²) in [5.41, 5.74) is -0.560. The summed E-state index contributed by atoms with van der Waals surface area (Å²) in [7, 11) is 3.00. The molecule has 1 heterocycles. The number of amidine groups is 1. The predicted octanol–water partition coefficient (Wildman–Crippen LogP) is 5.20. The highest BCUT2D eigenvalue weighted by atomic mass is 32.2. The molecule has 1 aliphatic rings. The number of benzene rings is 2. The van der Waals surface area contributed by atoms with Gasteiger partial charge in [-0.1, -0.05) is 6.07 Å². The van der Waals surface area contributed by atoms with Gasteiger partial charge in [0.25, 0.3) is 0 Å². The number of rotatable bonds is 4. The first-order chi connectivity index (χ1) is 14.2. The fourth-order valence-electron chi connectivity index (χ4n) is 2.63. The summed E-state index contributed by atoms with van der Waals surface area (Å²) < 4.78 is 50.8. The van der Waals surface area contributed by atoms with Crippen molar-refractivity contribution < 1.29 is 27.4 Å². The van der Waals surface area contributed by atoms with Crippen molar-refractivity contribution in [1.29, 1.82) is 5.26 Å². The van der Waals surface area contributed by atoms with E-state index in [2.05, 4.69) is 10.3 Å². The molecule has 0 radical (unpaired) electrons. The number of likely N-dealkylation sites (N-methyl/N-ethyl adjacent to an activating group) is 1. The van der Waals surface area contributed by atoms with E-state index in [1.807, 2.05) is 0 Å². The second-order valence-corrected chi connectivity index (χ2v) is 6.91. The normalized spacial score (nSPS) is 15.0. The molecule has 6 nitrogen and oxygen atoms in total. The van der Waals surface area contributed by atoms with E-state index in [4.69, 9.17) is 14.7 Å². The Labute approximate surface area is 174 Å². The summed E-state index contributed by atoms with van der Waals surface area (Å²) in [4.78, 5) is 15.9. The second kappa shape index (κ2) is 8.51. The van der Waals surface area contributed by atoms with Crippen LogP contribution in [0.1, 0.15) is 16.7 Å². The molecule has 0 unspecified atom stereocenters. The van der Waals surface area contributed by atoms with Crippen LogP contribution in [0, 0.1) is 11.3 Å². The second-order valence-electron chi connectivity index (χ2n) is 5.92. The third-order valence-electron chi connectivity index (χ3n) is 3.99. The topological polar surface area (TPSA) is 83.7 Å². The molecule has 154 valence electrons. The first-order valence-electron chi connectivity index (χ1n) is 8.42. The van der Waals surface area contributed by atoms with Crippen molar-refractivity contribution >= 4 is 28.9 Å². The third-order valence-corrected chi connectivity index (χ3v) is 4.79. The Hall–Kier alpha value is -3.45. The predicted molar refractivity (Wildman–Crippen MR) is 107 cm³/mol. The highest BCUT2D eigenvalue weighted by molar-refractivity contribution is 8.18. The summed E-state index contributed by atoms with van der Waals surface area (Å²) in [6, 6.07) is 9.37. The molecule has 0 saturated heterocycles. The number of ether oxygens (including phenoxy) is 2. The quantitative estimate of drug-likeness (QED) is 0.713. The van der Waals surface area contributed by atoms with Crippen molar-refractivity contribution in [3.63, 3.8) is 0 Å². The Morgan fingerprint density at radius 2 is 1.90 bits per heavy atom. The van der Waals surface area contributed by atoms with Gasteiger partial charge in [-0.15, -0.1) is 0 Å². The molecule has 1 aliphatic heterocycles. The smallest absolute Gasteiger partial charge is 0.420 e. The van der Waals surface area contributed by atoms with E-state index in [1.54, 1.807) is 31.3 Å². The average Bonchev–Trinajstić information content (AvgIpc) is 3.07. The first kappa shape index (κ1) is 21.3. The van der Waals surface area contributed by atoms with Crippen molar-refractivity contribution in [2.24, 2.45) is 4.99 Å². The van der Waals surface area contributed by atoms with Gasteiger partial charge >= 0.3 is 11.4 Å². The maximum atomic E-state index is 13.4. The van der Waals surface area contributed by atoms with Crippen molar-refractivity contribution in [1.82, 2.24) is 5.32 Å². The van der Waals surface area contributed by atoms with Crippen LogP contribution in [0.2, 0.25) is 0 Å². The highest BCUT2D eigenvalue weighted by Gasteiger charge is 2.35. The number of nitrogens with zero attached hydrogens (tertiary/aromatic N) is 2. The number of thioether (sulfide) groups is 1. The van der Waals surface area contributed by atoms with Crippen LogP contribution >= 0.6 is 11.8 Å². The van der Waals surface area contributed by atoms with Crippen LogP contribution in [0.25, 0.3) is 6.08 Å². The van der Waals surface area contributed by atoms with Gasteiger partial charge in [0, 0.05) is 7.05 Å². The van der Waals surface area contributed by atoms with Gasteiger partial charge < -0.3 is 14.8 Å². The molecule has 10 heteroatoms. The Kier molecular flexibility index (Phi) is 6.03. The van der Waals surface area contributed by atoms with Gasteiger partial charge in [0.15, 0.2) is 11.5 Å². The lowest BCUT2D eigenvalue weighted by Crippen LogP contribution is -2.16. The molecule has 2 aromatic carbocycles. The van der Waals surface area contributed by atoms with Crippen molar-refractivity contribution in [2.75, 3.05) is 14.2 Å². The zero-order valence-electron chi connectivity index (χ0n) is 15.7. The maximum Gasteiger partial charge on any atom is 0.420 e. The van der Waals surface area contributed by atoms with Crippen LogP contribution in [-0.4, -0.2) is 25.2 Å². The lowest BCUT2D eigenvalue weighted by Gasteiger charge is -2.16. The minimum atomic E-state index is -4.70. The summed E-state index contributed by atoms with van der Waals surface area (Å²) in [5, 5.41) is 11.3. The fourth-order valence-corrected chi connectivity index (χ4v) is 3.39. The molecule has 30 heavy (non-hydrogen) atoms. The molecule has 1 amide bonds. The molecule has 3 rings (SSSR count). The summed E-state index contributed by atoms with van der Waals surface area (Å²) in [6.45, 7) is 0. The summed E-state index contributed by atoms with van der Waals surface area (Å²) >= 11 is 0.954. The monoisotopic (exact) mass is 433 g/mol. The fraction of sp³-hybridized carbons (Fsp3) is 0.150. The average molecular weight is 433 g/mol. The van der Waals surface area contributed by atoms with Crippen molar-refractivity contribution in [3.05, 3.63) is 58.0 Å². The molecule has 0 aliphatic carbocycles. The van der Waals surface area contributed by atoms with E-state index in [9.17, 15) is 18.0 Å². The molecule has 0 fully saturated rings. The number of halogens is 3. The van der Waals surface area contributed by atoms with Gasteiger partial charge in [-0.05, 0) is 53.7 Å². The number of hydrogen-bond acceptors (Lipinski definition) is 6. The van der Waals surface area contributed by atoms with Crippen LogP contribution in [0.5, 0.6) is 17.2 Å². The van der Waals surface area contributed by atoms with E-state index >= 15 is 0 Å². The molecule has 0 atom stereocenters. The lowest BCUT2D eigenvalue weighted by molar-refractivity contribution is -0.138. The Balaban J connectivity index is 1.95. The SMILES string of the molecule is CNC1=NC(=O)S/C1=C\c1ccc(Oc2ccc(C#N)cc2C(F)(F)F)c(OC)c1. The number of nitriles is 1. The molecule has 0 saturated carbocycles. The Bertz CT molecular complexity index is 1100. The number of methoxy groups -OCH3 is 1. The molecular weight excluding hydrogens is 419 g/mol. The van der Waals surface area contributed by atoms with Gasteiger partial charge in [-0.25, -0.2) is 0 Å². The van der Waals surface area contributed by atoms with Crippen LogP contribution < -0.4 is 14.8 Å². The molecule has 0 bridgehead atoms. The van der Waals surface area contributed by atoms with Gasteiger partial charge in [0.2, 0.25) is 0 Å². The number of nitrogens with one attached hydrogen (secondary N) is 1. The minimum absolute atomic E-state index is 0.0625. The number of carbonyl (C=O) groups excluding carboxylic acids is 1. The van der Waals surface area contributed by atoms with E-state index in [0.717, 1.165) is 23.9 Å². The zero-order valence-corrected chi connectivity index (χ0v) is 16.5. The molecule has 0 spiro atoms. The van der Waals surface area contributed by atoms with Crippen molar-refractivity contribution in [2.45, 2.75) is 6.18 Å². The van der Waals surface area contributed by atoms with Crippen LogP contribution in [0.3, 0.4) is 0 Å². The maximum absolute atomic E-state index is 13.4. The number of amides is 1.